The molecular formula is C9H17NO3. The molecule has 1 aliphatic heterocycles. The lowest BCUT2D eigenvalue weighted by atomic mass is 10.0. The Kier molecular flexibility index (Phi) is 3.69. The first-order valence-corrected chi connectivity index (χ1v) is 4.67. The molecule has 1 heterocycles. The summed E-state index contributed by atoms with van der Waals surface area (Å²) in [4.78, 5) is 11.1. The first-order chi connectivity index (χ1) is 6.11. The number of hydrogen-bond acceptors (Lipinski definition) is 3. The number of rotatable bonds is 3. The summed E-state index contributed by atoms with van der Waals surface area (Å²) in [5.74, 6) is 0.0853. The minimum Gasteiger partial charge on any atom is -0.384 e. The molecule has 0 radical (unpaired) electrons. The number of amides is 1. The predicted molar refractivity (Wildman–Crippen MR) is 48.2 cm³/mol. The van der Waals surface area contributed by atoms with Gasteiger partial charge in [0.25, 0.3) is 0 Å². The second-order valence-corrected chi connectivity index (χ2v) is 3.60. The molecule has 0 aliphatic carbocycles. The SMILES string of the molecule is CC(NC(=O)[C@@H](C)O)C1CCOC1. The highest BCUT2D eigenvalue weighted by atomic mass is 16.5. The van der Waals surface area contributed by atoms with Crippen LogP contribution in [0.5, 0.6) is 0 Å². The van der Waals surface area contributed by atoms with Crippen molar-refractivity contribution in [2.75, 3.05) is 13.2 Å². The van der Waals surface area contributed by atoms with Gasteiger partial charge in [0.1, 0.15) is 6.10 Å². The third-order valence-corrected chi connectivity index (χ3v) is 2.42. The average molecular weight is 187 g/mol. The van der Waals surface area contributed by atoms with Crippen LogP contribution in [0.2, 0.25) is 0 Å². The van der Waals surface area contributed by atoms with Crippen molar-refractivity contribution in [2.45, 2.75) is 32.4 Å². The number of hydrogen-bond donors (Lipinski definition) is 2. The van der Waals surface area contributed by atoms with Crippen LogP contribution in [0.4, 0.5) is 0 Å². The second kappa shape index (κ2) is 4.58. The van der Waals surface area contributed by atoms with Gasteiger partial charge in [-0.25, -0.2) is 0 Å². The lowest BCUT2D eigenvalue weighted by molar-refractivity contribution is -0.129. The lowest BCUT2D eigenvalue weighted by Crippen LogP contribution is -2.42. The average Bonchev–Trinajstić information content (AvgIpc) is 2.55. The van der Waals surface area contributed by atoms with Crippen molar-refractivity contribution in [1.82, 2.24) is 5.32 Å². The molecule has 0 spiro atoms. The van der Waals surface area contributed by atoms with Crippen LogP contribution >= 0.6 is 0 Å². The molecule has 0 bridgehead atoms. The number of aliphatic hydroxyl groups excluding tert-OH is 1. The molecule has 4 heteroatoms. The van der Waals surface area contributed by atoms with E-state index < -0.39 is 6.10 Å². The van der Waals surface area contributed by atoms with E-state index in [4.69, 9.17) is 9.84 Å². The Hall–Kier alpha value is -0.610. The molecule has 0 saturated carbocycles. The van der Waals surface area contributed by atoms with Gasteiger partial charge in [0.2, 0.25) is 5.91 Å². The van der Waals surface area contributed by atoms with Crippen molar-refractivity contribution < 1.29 is 14.6 Å². The van der Waals surface area contributed by atoms with E-state index in [1.807, 2.05) is 6.92 Å². The zero-order valence-electron chi connectivity index (χ0n) is 8.12. The summed E-state index contributed by atoms with van der Waals surface area (Å²) in [5.41, 5.74) is 0. The fourth-order valence-corrected chi connectivity index (χ4v) is 1.41. The summed E-state index contributed by atoms with van der Waals surface area (Å²) >= 11 is 0. The maximum Gasteiger partial charge on any atom is 0.248 e. The van der Waals surface area contributed by atoms with Crippen LogP contribution < -0.4 is 5.32 Å². The smallest absolute Gasteiger partial charge is 0.248 e. The van der Waals surface area contributed by atoms with Gasteiger partial charge in [-0.2, -0.15) is 0 Å². The summed E-state index contributed by atoms with van der Waals surface area (Å²) in [6.45, 7) is 4.90. The molecule has 13 heavy (non-hydrogen) atoms. The molecule has 1 rings (SSSR count). The van der Waals surface area contributed by atoms with E-state index in [0.29, 0.717) is 12.5 Å². The quantitative estimate of drug-likeness (QED) is 0.649. The third kappa shape index (κ3) is 2.97. The topological polar surface area (TPSA) is 58.6 Å². The maximum atomic E-state index is 11.1. The molecular weight excluding hydrogens is 170 g/mol. The molecule has 76 valence electrons. The summed E-state index contributed by atoms with van der Waals surface area (Å²) < 4.78 is 5.21. The molecule has 1 saturated heterocycles. The van der Waals surface area contributed by atoms with Gasteiger partial charge in [-0.1, -0.05) is 0 Å². The molecule has 0 aromatic heterocycles. The highest BCUT2D eigenvalue weighted by Gasteiger charge is 2.24. The van der Waals surface area contributed by atoms with E-state index in [2.05, 4.69) is 5.32 Å². The third-order valence-electron chi connectivity index (χ3n) is 2.42. The minimum absolute atomic E-state index is 0.0876. The Morgan fingerprint density at radius 2 is 2.31 bits per heavy atom. The van der Waals surface area contributed by atoms with Crippen LogP contribution in [-0.2, 0) is 9.53 Å². The highest BCUT2D eigenvalue weighted by Crippen LogP contribution is 2.16. The molecule has 1 fully saturated rings. The van der Waals surface area contributed by atoms with Crippen LogP contribution in [-0.4, -0.2) is 36.4 Å². The standard InChI is InChI=1S/C9H17NO3/c1-6(8-3-4-13-5-8)10-9(12)7(2)11/h6-8,11H,3-5H2,1-2H3,(H,10,12)/t6?,7-,8?/m1/s1. The van der Waals surface area contributed by atoms with E-state index in [0.717, 1.165) is 13.0 Å². The molecule has 1 aliphatic rings. The zero-order chi connectivity index (χ0) is 9.84. The molecule has 1 amide bonds. The Morgan fingerprint density at radius 1 is 1.62 bits per heavy atom. The Bertz CT molecular complexity index is 176. The molecule has 2 unspecified atom stereocenters. The van der Waals surface area contributed by atoms with Gasteiger partial charge in [0.15, 0.2) is 0 Å². The first kappa shape index (κ1) is 10.5. The second-order valence-electron chi connectivity index (χ2n) is 3.60. The first-order valence-electron chi connectivity index (χ1n) is 4.67. The largest absolute Gasteiger partial charge is 0.384 e. The van der Waals surface area contributed by atoms with E-state index in [1.165, 1.54) is 6.92 Å². The zero-order valence-corrected chi connectivity index (χ0v) is 8.12. The number of ether oxygens (including phenoxy) is 1. The fourth-order valence-electron chi connectivity index (χ4n) is 1.41. The lowest BCUT2D eigenvalue weighted by Gasteiger charge is -2.19. The number of aliphatic hydroxyl groups is 1. The van der Waals surface area contributed by atoms with Crippen molar-refractivity contribution in [3.63, 3.8) is 0 Å². The van der Waals surface area contributed by atoms with Gasteiger partial charge in [-0.05, 0) is 20.3 Å². The number of carbonyl (C=O) groups excluding carboxylic acids is 1. The molecule has 3 atom stereocenters. The summed E-state index contributed by atoms with van der Waals surface area (Å²) in [5, 5.41) is 11.7. The van der Waals surface area contributed by atoms with Crippen LogP contribution in [0.1, 0.15) is 20.3 Å². The molecule has 4 nitrogen and oxygen atoms in total. The van der Waals surface area contributed by atoms with E-state index in [-0.39, 0.29) is 11.9 Å². The maximum absolute atomic E-state index is 11.1. The minimum atomic E-state index is -0.926. The van der Waals surface area contributed by atoms with Crippen LogP contribution in [0.3, 0.4) is 0 Å². The molecule has 2 N–H and O–H groups in total. The van der Waals surface area contributed by atoms with Gasteiger partial charge >= 0.3 is 0 Å². The number of nitrogens with one attached hydrogen (secondary N) is 1. The van der Waals surface area contributed by atoms with E-state index in [9.17, 15) is 4.79 Å². The summed E-state index contributed by atoms with van der Waals surface area (Å²) in [7, 11) is 0. The normalized spacial score (nSPS) is 26.8. The van der Waals surface area contributed by atoms with Crippen molar-refractivity contribution >= 4 is 5.91 Å². The van der Waals surface area contributed by atoms with Gasteiger partial charge in [-0.3, -0.25) is 4.79 Å². The van der Waals surface area contributed by atoms with E-state index in [1.54, 1.807) is 0 Å². The number of carbonyl (C=O) groups is 1. The Morgan fingerprint density at radius 3 is 2.77 bits per heavy atom. The van der Waals surface area contributed by atoms with Crippen LogP contribution in [0, 0.1) is 5.92 Å². The summed E-state index contributed by atoms with van der Waals surface area (Å²) in [6, 6.07) is 0.0876. The molecule has 0 aromatic rings. The summed E-state index contributed by atoms with van der Waals surface area (Å²) in [6.07, 6.45) is 0.0612. The highest BCUT2D eigenvalue weighted by molar-refractivity contribution is 5.80. The Balaban J connectivity index is 2.31. The van der Waals surface area contributed by atoms with Crippen molar-refractivity contribution in [2.24, 2.45) is 5.92 Å². The molecule has 0 aromatic carbocycles. The van der Waals surface area contributed by atoms with Gasteiger partial charge < -0.3 is 15.2 Å². The van der Waals surface area contributed by atoms with Crippen molar-refractivity contribution in [3.8, 4) is 0 Å². The monoisotopic (exact) mass is 187 g/mol. The van der Waals surface area contributed by atoms with Crippen molar-refractivity contribution in [3.05, 3.63) is 0 Å². The van der Waals surface area contributed by atoms with Crippen molar-refractivity contribution in [1.29, 1.82) is 0 Å². The van der Waals surface area contributed by atoms with Crippen LogP contribution in [0.25, 0.3) is 0 Å². The predicted octanol–water partition coefficient (Wildman–Crippen LogP) is -0.0916. The van der Waals surface area contributed by atoms with E-state index >= 15 is 0 Å². The van der Waals surface area contributed by atoms with Crippen LogP contribution in [0.15, 0.2) is 0 Å². The van der Waals surface area contributed by atoms with Gasteiger partial charge in [-0.15, -0.1) is 0 Å². The Labute approximate surface area is 78.3 Å². The van der Waals surface area contributed by atoms with Gasteiger partial charge in [0.05, 0.1) is 6.61 Å². The fraction of sp³-hybridized carbons (Fsp3) is 0.889. The van der Waals surface area contributed by atoms with Gasteiger partial charge in [0, 0.05) is 18.6 Å².